The first-order chi connectivity index (χ1) is 14.5. The highest BCUT2D eigenvalue weighted by atomic mass is 127. The Labute approximate surface area is 201 Å². The minimum absolute atomic E-state index is 0. The molecule has 1 aromatic carbocycles. The number of anilines is 1. The van der Waals surface area contributed by atoms with Gasteiger partial charge >= 0.3 is 0 Å². The summed E-state index contributed by atoms with van der Waals surface area (Å²) in [5.41, 5.74) is 2.86. The van der Waals surface area contributed by atoms with E-state index in [1.165, 1.54) is 6.42 Å². The summed E-state index contributed by atoms with van der Waals surface area (Å²) in [6.45, 7) is 5.28. The standard InChI is InChI=1S/C23H33N5O2.HI/c1-16(2)21-13-20(30-28-21)15-26-23(24-3)25-14-17-8-7-11-19(12-17)27-22(29)18-9-5-4-6-10-18;/h7-8,11-13,16,18H,4-6,9-10,14-15H2,1-3H3,(H,27,29)(H2,24,25,26);1H. The minimum Gasteiger partial charge on any atom is -0.359 e. The lowest BCUT2D eigenvalue weighted by Crippen LogP contribution is -2.36. The minimum atomic E-state index is 0. The Bertz CT molecular complexity index is 859. The second-order valence-electron chi connectivity index (χ2n) is 8.18. The van der Waals surface area contributed by atoms with Gasteiger partial charge in [0.25, 0.3) is 0 Å². The van der Waals surface area contributed by atoms with Crippen LogP contribution in [0.3, 0.4) is 0 Å². The fourth-order valence-electron chi connectivity index (χ4n) is 3.63. The molecule has 31 heavy (non-hydrogen) atoms. The van der Waals surface area contributed by atoms with Crippen molar-refractivity contribution in [3.05, 3.63) is 47.3 Å². The molecule has 3 N–H and O–H groups in total. The Morgan fingerprint density at radius 3 is 2.58 bits per heavy atom. The summed E-state index contributed by atoms with van der Waals surface area (Å²) in [7, 11) is 1.73. The number of hydrogen-bond donors (Lipinski definition) is 3. The lowest BCUT2D eigenvalue weighted by atomic mass is 9.88. The lowest BCUT2D eigenvalue weighted by Gasteiger charge is -2.21. The molecule has 2 aromatic rings. The summed E-state index contributed by atoms with van der Waals surface area (Å²) >= 11 is 0. The molecular formula is C23H34IN5O2. The molecule has 0 radical (unpaired) electrons. The zero-order chi connectivity index (χ0) is 21.3. The molecular weight excluding hydrogens is 505 g/mol. The maximum Gasteiger partial charge on any atom is 0.227 e. The number of carbonyl (C=O) groups excluding carboxylic acids is 1. The second kappa shape index (κ2) is 12.7. The highest BCUT2D eigenvalue weighted by Crippen LogP contribution is 2.25. The van der Waals surface area contributed by atoms with E-state index in [-0.39, 0.29) is 35.8 Å². The van der Waals surface area contributed by atoms with Crippen molar-refractivity contribution in [2.45, 2.75) is 65.0 Å². The highest BCUT2D eigenvalue weighted by molar-refractivity contribution is 14.0. The van der Waals surface area contributed by atoms with E-state index in [0.717, 1.165) is 48.4 Å². The molecule has 0 bridgehead atoms. The molecule has 1 saturated carbocycles. The van der Waals surface area contributed by atoms with Crippen LogP contribution in [-0.4, -0.2) is 24.1 Å². The lowest BCUT2D eigenvalue weighted by molar-refractivity contribution is -0.120. The summed E-state index contributed by atoms with van der Waals surface area (Å²) in [5, 5.41) is 13.7. The average molecular weight is 539 g/mol. The monoisotopic (exact) mass is 539 g/mol. The Balaban J connectivity index is 0.00000341. The van der Waals surface area contributed by atoms with Crippen LogP contribution in [0.5, 0.6) is 0 Å². The third kappa shape index (κ3) is 7.83. The molecule has 7 nitrogen and oxygen atoms in total. The molecule has 0 unspecified atom stereocenters. The Kier molecular flexibility index (Phi) is 10.3. The molecule has 1 aliphatic carbocycles. The van der Waals surface area contributed by atoms with Gasteiger partial charge in [0.05, 0.1) is 12.2 Å². The van der Waals surface area contributed by atoms with Crippen molar-refractivity contribution >= 4 is 41.5 Å². The number of rotatable bonds is 7. The van der Waals surface area contributed by atoms with Crippen molar-refractivity contribution in [1.29, 1.82) is 0 Å². The van der Waals surface area contributed by atoms with Gasteiger partial charge in [0.1, 0.15) is 0 Å². The second-order valence-corrected chi connectivity index (χ2v) is 8.18. The van der Waals surface area contributed by atoms with E-state index < -0.39 is 0 Å². The Morgan fingerprint density at radius 2 is 1.90 bits per heavy atom. The third-order valence-corrected chi connectivity index (χ3v) is 5.45. The first-order valence-electron chi connectivity index (χ1n) is 10.8. The van der Waals surface area contributed by atoms with Crippen LogP contribution in [0.4, 0.5) is 5.69 Å². The molecule has 0 atom stereocenters. The fraction of sp³-hybridized carbons (Fsp3) is 0.522. The zero-order valence-electron chi connectivity index (χ0n) is 18.6. The van der Waals surface area contributed by atoms with Gasteiger partial charge < -0.3 is 20.5 Å². The van der Waals surface area contributed by atoms with Gasteiger partial charge in [-0.2, -0.15) is 0 Å². The number of halogens is 1. The van der Waals surface area contributed by atoms with Crippen LogP contribution in [0, 0.1) is 5.92 Å². The predicted octanol–water partition coefficient (Wildman–Crippen LogP) is 4.80. The van der Waals surface area contributed by atoms with Crippen LogP contribution in [0.2, 0.25) is 0 Å². The van der Waals surface area contributed by atoms with Crippen LogP contribution >= 0.6 is 24.0 Å². The van der Waals surface area contributed by atoms with Crippen LogP contribution in [0.25, 0.3) is 0 Å². The Hall–Kier alpha value is -2.10. The average Bonchev–Trinajstić information content (AvgIpc) is 3.24. The van der Waals surface area contributed by atoms with Gasteiger partial charge in [0.2, 0.25) is 5.91 Å². The van der Waals surface area contributed by atoms with Crippen molar-refractivity contribution in [2.75, 3.05) is 12.4 Å². The number of amides is 1. The van der Waals surface area contributed by atoms with E-state index in [1.54, 1.807) is 7.05 Å². The SMILES string of the molecule is CN=C(NCc1cccc(NC(=O)C2CCCCC2)c1)NCc1cc(C(C)C)no1.I. The van der Waals surface area contributed by atoms with Crippen molar-refractivity contribution < 1.29 is 9.32 Å². The predicted molar refractivity (Wildman–Crippen MR) is 135 cm³/mol. The molecule has 170 valence electrons. The molecule has 3 rings (SSSR count). The molecule has 8 heteroatoms. The van der Waals surface area contributed by atoms with Crippen molar-refractivity contribution in [1.82, 2.24) is 15.8 Å². The number of carbonyl (C=O) groups is 1. The molecule has 1 aromatic heterocycles. The third-order valence-electron chi connectivity index (χ3n) is 5.45. The fourth-order valence-corrected chi connectivity index (χ4v) is 3.63. The van der Waals surface area contributed by atoms with E-state index in [0.29, 0.717) is 25.0 Å². The van der Waals surface area contributed by atoms with Gasteiger partial charge in [-0.25, -0.2) is 0 Å². The number of nitrogens with zero attached hydrogens (tertiary/aromatic N) is 2. The summed E-state index contributed by atoms with van der Waals surface area (Å²) in [6, 6.07) is 9.90. The van der Waals surface area contributed by atoms with Gasteiger partial charge in [-0.05, 0) is 36.5 Å². The normalized spacial score (nSPS) is 14.8. The van der Waals surface area contributed by atoms with Crippen molar-refractivity contribution in [2.24, 2.45) is 10.9 Å². The van der Waals surface area contributed by atoms with Crippen molar-refractivity contribution in [3.8, 4) is 0 Å². The summed E-state index contributed by atoms with van der Waals surface area (Å²) in [5.74, 6) is 2.08. The zero-order valence-corrected chi connectivity index (χ0v) is 20.9. The largest absolute Gasteiger partial charge is 0.359 e. The Morgan fingerprint density at radius 1 is 1.16 bits per heavy atom. The maximum atomic E-state index is 12.5. The van der Waals surface area contributed by atoms with Crippen LogP contribution in [0.1, 0.15) is 68.9 Å². The summed E-state index contributed by atoms with van der Waals surface area (Å²) in [4.78, 5) is 16.7. The topological polar surface area (TPSA) is 91.5 Å². The van der Waals surface area contributed by atoms with Crippen LogP contribution in [-0.2, 0) is 17.9 Å². The van der Waals surface area contributed by atoms with E-state index in [4.69, 9.17) is 4.52 Å². The number of guanidine groups is 1. The van der Waals surface area contributed by atoms with Crippen molar-refractivity contribution in [3.63, 3.8) is 0 Å². The molecule has 0 aliphatic heterocycles. The first kappa shape index (κ1) is 25.2. The molecule has 0 spiro atoms. The highest BCUT2D eigenvalue weighted by Gasteiger charge is 2.21. The smallest absolute Gasteiger partial charge is 0.227 e. The van der Waals surface area contributed by atoms with Gasteiger partial charge in [0, 0.05) is 31.3 Å². The first-order valence-corrected chi connectivity index (χ1v) is 10.8. The molecule has 0 saturated heterocycles. The van der Waals surface area contributed by atoms with E-state index in [9.17, 15) is 4.79 Å². The van der Waals surface area contributed by atoms with Crippen LogP contribution < -0.4 is 16.0 Å². The molecule has 1 heterocycles. The number of aromatic nitrogens is 1. The number of hydrogen-bond acceptors (Lipinski definition) is 4. The number of nitrogens with one attached hydrogen (secondary N) is 3. The molecule has 1 aliphatic rings. The number of benzene rings is 1. The van der Waals surface area contributed by atoms with E-state index in [1.807, 2.05) is 30.3 Å². The van der Waals surface area contributed by atoms with Crippen LogP contribution in [0.15, 0.2) is 39.8 Å². The van der Waals surface area contributed by atoms with E-state index >= 15 is 0 Å². The number of aliphatic imine (C=N–C) groups is 1. The summed E-state index contributed by atoms with van der Waals surface area (Å²) in [6.07, 6.45) is 5.55. The summed E-state index contributed by atoms with van der Waals surface area (Å²) < 4.78 is 5.35. The van der Waals surface area contributed by atoms with Gasteiger partial charge in [-0.15, -0.1) is 24.0 Å². The van der Waals surface area contributed by atoms with Gasteiger partial charge in [-0.3, -0.25) is 9.79 Å². The van der Waals surface area contributed by atoms with E-state index in [2.05, 4.69) is 39.9 Å². The molecule has 1 fully saturated rings. The maximum absolute atomic E-state index is 12.5. The quantitative estimate of drug-likeness (QED) is 0.267. The molecule has 1 amide bonds. The van der Waals surface area contributed by atoms with Gasteiger partial charge in [0.15, 0.2) is 11.7 Å². The van der Waals surface area contributed by atoms with Gasteiger partial charge in [-0.1, -0.05) is 50.4 Å².